The van der Waals surface area contributed by atoms with Crippen LogP contribution in [0, 0.1) is 6.92 Å². The van der Waals surface area contributed by atoms with Gasteiger partial charge in [0.05, 0.1) is 29.3 Å². The monoisotopic (exact) mass is 280 g/mol. The highest BCUT2D eigenvalue weighted by Crippen LogP contribution is 2.21. The summed E-state index contributed by atoms with van der Waals surface area (Å²) in [6.07, 6.45) is 3.52. The minimum Gasteiger partial charge on any atom is -0.307 e. The van der Waals surface area contributed by atoms with Crippen molar-refractivity contribution in [3.05, 3.63) is 66.0 Å². The zero-order chi connectivity index (χ0) is 14.7. The van der Waals surface area contributed by atoms with E-state index in [0.29, 0.717) is 0 Å². The number of nitrogens with zero attached hydrogens (tertiary/aromatic N) is 5. The van der Waals surface area contributed by atoms with E-state index in [1.807, 2.05) is 55.1 Å². The van der Waals surface area contributed by atoms with Crippen molar-refractivity contribution >= 4 is 0 Å². The summed E-state index contributed by atoms with van der Waals surface area (Å²) in [5.74, 6) is 0.742. The quantitative estimate of drug-likeness (QED) is 0.787. The van der Waals surface area contributed by atoms with Crippen molar-refractivity contribution in [3.8, 4) is 5.69 Å². The Morgan fingerprint density at radius 1 is 1.14 bits per heavy atom. The summed E-state index contributed by atoms with van der Waals surface area (Å²) in [7, 11) is 1.89. The van der Waals surface area contributed by atoms with Gasteiger partial charge in [-0.1, -0.05) is 23.4 Å². The number of hydrogen-bond acceptors (Lipinski definition) is 5. The number of hydrogen-bond donors (Lipinski definition) is 1. The maximum atomic E-state index is 4.49. The molecule has 6 heteroatoms. The van der Waals surface area contributed by atoms with E-state index in [9.17, 15) is 0 Å². The van der Waals surface area contributed by atoms with Crippen molar-refractivity contribution in [1.82, 2.24) is 30.3 Å². The summed E-state index contributed by atoms with van der Waals surface area (Å²) in [4.78, 5) is 8.63. The van der Waals surface area contributed by atoms with Crippen molar-refractivity contribution in [1.29, 1.82) is 0 Å². The van der Waals surface area contributed by atoms with Crippen molar-refractivity contribution in [2.45, 2.75) is 13.0 Å². The molecule has 0 aliphatic rings. The lowest BCUT2D eigenvalue weighted by molar-refractivity contribution is 0.615. The number of rotatable bonds is 4. The number of para-hydroxylation sites is 1. The van der Waals surface area contributed by atoms with Crippen LogP contribution in [0.1, 0.15) is 23.3 Å². The van der Waals surface area contributed by atoms with E-state index < -0.39 is 0 Å². The van der Waals surface area contributed by atoms with Crippen LogP contribution in [0.3, 0.4) is 0 Å². The summed E-state index contributed by atoms with van der Waals surface area (Å²) in [5.41, 5.74) is 2.79. The van der Waals surface area contributed by atoms with Gasteiger partial charge in [0.2, 0.25) is 0 Å². The molecule has 6 nitrogen and oxygen atoms in total. The molecule has 0 amide bonds. The topological polar surface area (TPSA) is 68.5 Å². The van der Waals surface area contributed by atoms with Crippen molar-refractivity contribution < 1.29 is 0 Å². The second kappa shape index (κ2) is 5.80. The van der Waals surface area contributed by atoms with Gasteiger partial charge in [-0.2, -0.15) is 0 Å². The molecule has 3 rings (SSSR count). The van der Waals surface area contributed by atoms with E-state index in [1.54, 1.807) is 12.4 Å². The van der Waals surface area contributed by atoms with Gasteiger partial charge in [-0.15, -0.1) is 5.10 Å². The van der Waals surface area contributed by atoms with Gasteiger partial charge in [0.1, 0.15) is 5.82 Å². The van der Waals surface area contributed by atoms with E-state index in [2.05, 4.69) is 25.6 Å². The lowest BCUT2D eigenvalue weighted by atomic mass is 10.1. The molecule has 2 aromatic heterocycles. The average molecular weight is 280 g/mol. The zero-order valence-corrected chi connectivity index (χ0v) is 11.9. The first-order valence-corrected chi connectivity index (χ1v) is 6.72. The molecule has 1 atom stereocenters. The van der Waals surface area contributed by atoms with Crippen LogP contribution in [0.2, 0.25) is 0 Å². The Kier molecular flexibility index (Phi) is 3.70. The maximum absolute atomic E-state index is 4.49. The number of aromatic nitrogens is 5. The molecule has 1 unspecified atom stereocenters. The summed E-state index contributed by atoms with van der Waals surface area (Å²) in [6, 6.07) is 11.7. The molecular formula is C15H16N6. The summed E-state index contributed by atoms with van der Waals surface area (Å²) >= 11 is 0. The van der Waals surface area contributed by atoms with E-state index in [4.69, 9.17) is 0 Å². The van der Waals surface area contributed by atoms with Crippen LogP contribution < -0.4 is 5.32 Å². The Labute approximate surface area is 122 Å². The van der Waals surface area contributed by atoms with Crippen LogP contribution in [-0.2, 0) is 0 Å². The first-order chi connectivity index (χ1) is 10.3. The molecule has 1 N–H and O–H groups in total. The van der Waals surface area contributed by atoms with Gasteiger partial charge >= 0.3 is 0 Å². The number of aryl methyl sites for hydroxylation is 1. The van der Waals surface area contributed by atoms with Crippen molar-refractivity contribution in [3.63, 3.8) is 0 Å². The van der Waals surface area contributed by atoms with Crippen molar-refractivity contribution in [2.75, 3.05) is 7.05 Å². The predicted octanol–water partition coefficient (Wildman–Crippen LogP) is 1.67. The highest BCUT2D eigenvalue weighted by molar-refractivity contribution is 5.34. The summed E-state index contributed by atoms with van der Waals surface area (Å²) in [6.45, 7) is 1.88. The van der Waals surface area contributed by atoms with E-state index in [0.717, 1.165) is 22.9 Å². The van der Waals surface area contributed by atoms with E-state index in [-0.39, 0.29) is 6.04 Å². The summed E-state index contributed by atoms with van der Waals surface area (Å²) < 4.78 is 1.82. The molecule has 3 aromatic rings. The minimum absolute atomic E-state index is 0.0955. The minimum atomic E-state index is -0.0955. The molecule has 21 heavy (non-hydrogen) atoms. The molecule has 0 bridgehead atoms. The second-order valence-corrected chi connectivity index (χ2v) is 4.66. The predicted molar refractivity (Wildman–Crippen MR) is 79.0 cm³/mol. The van der Waals surface area contributed by atoms with Gasteiger partial charge in [0, 0.05) is 6.20 Å². The van der Waals surface area contributed by atoms with Crippen LogP contribution in [0.4, 0.5) is 0 Å². The highest BCUT2D eigenvalue weighted by Gasteiger charge is 2.19. The molecular weight excluding hydrogens is 264 g/mol. The van der Waals surface area contributed by atoms with Gasteiger partial charge in [-0.3, -0.25) is 0 Å². The third-order valence-corrected chi connectivity index (χ3v) is 3.25. The smallest absolute Gasteiger partial charge is 0.125 e. The molecule has 0 fully saturated rings. The Hall–Kier alpha value is -2.60. The third kappa shape index (κ3) is 2.66. The van der Waals surface area contributed by atoms with Crippen LogP contribution in [0.25, 0.3) is 5.69 Å². The lowest BCUT2D eigenvalue weighted by Crippen LogP contribution is -2.22. The Bertz CT molecular complexity index is 722. The SMILES string of the molecule is CNC(c1ccnc(C)n1)c1cnnn1-c1ccccc1. The van der Waals surface area contributed by atoms with Gasteiger partial charge in [-0.05, 0) is 32.2 Å². The Morgan fingerprint density at radius 2 is 1.95 bits per heavy atom. The molecule has 0 radical (unpaired) electrons. The zero-order valence-electron chi connectivity index (χ0n) is 11.9. The van der Waals surface area contributed by atoms with E-state index >= 15 is 0 Å². The Morgan fingerprint density at radius 3 is 2.67 bits per heavy atom. The van der Waals surface area contributed by atoms with Crippen LogP contribution in [0.5, 0.6) is 0 Å². The standard InChI is InChI=1S/C15H16N6/c1-11-17-9-8-13(19-11)15(16-2)14-10-18-20-21(14)12-6-4-3-5-7-12/h3-10,15-16H,1-2H3. The van der Waals surface area contributed by atoms with Gasteiger partial charge in [0.25, 0.3) is 0 Å². The van der Waals surface area contributed by atoms with Crippen LogP contribution in [0.15, 0.2) is 48.8 Å². The molecule has 0 spiro atoms. The molecule has 1 aromatic carbocycles. The fourth-order valence-corrected chi connectivity index (χ4v) is 2.29. The van der Waals surface area contributed by atoms with Crippen LogP contribution >= 0.6 is 0 Å². The van der Waals surface area contributed by atoms with Gasteiger partial charge < -0.3 is 5.32 Å². The second-order valence-electron chi connectivity index (χ2n) is 4.66. The largest absolute Gasteiger partial charge is 0.307 e. The highest BCUT2D eigenvalue weighted by atomic mass is 15.4. The fourth-order valence-electron chi connectivity index (χ4n) is 2.29. The first-order valence-electron chi connectivity index (χ1n) is 6.72. The number of benzene rings is 1. The molecule has 0 saturated carbocycles. The Balaban J connectivity index is 2.05. The van der Waals surface area contributed by atoms with Crippen LogP contribution in [-0.4, -0.2) is 32.0 Å². The third-order valence-electron chi connectivity index (χ3n) is 3.25. The lowest BCUT2D eigenvalue weighted by Gasteiger charge is -2.16. The normalized spacial score (nSPS) is 12.3. The molecule has 0 aliphatic carbocycles. The van der Waals surface area contributed by atoms with E-state index in [1.165, 1.54) is 0 Å². The van der Waals surface area contributed by atoms with Gasteiger partial charge in [0.15, 0.2) is 0 Å². The van der Waals surface area contributed by atoms with Crippen molar-refractivity contribution in [2.24, 2.45) is 0 Å². The van der Waals surface area contributed by atoms with Gasteiger partial charge in [-0.25, -0.2) is 14.6 Å². The number of nitrogens with one attached hydrogen (secondary N) is 1. The molecule has 0 aliphatic heterocycles. The molecule has 0 saturated heterocycles. The molecule has 106 valence electrons. The maximum Gasteiger partial charge on any atom is 0.125 e. The first kappa shape index (κ1) is 13.4. The average Bonchev–Trinajstić information content (AvgIpc) is 2.98. The summed E-state index contributed by atoms with van der Waals surface area (Å²) in [5, 5.41) is 11.5. The fraction of sp³-hybridized carbons (Fsp3) is 0.200. The molecule has 2 heterocycles.